The van der Waals surface area contributed by atoms with Gasteiger partial charge in [0.05, 0.1) is 11.0 Å². The van der Waals surface area contributed by atoms with Crippen LogP contribution >= 0.6 is 23.5 Å². The molecular weight excluding hydrogens is 538 g/mol. The van der Waals surface area contributed by atoms with E-state index in [1.807, 2.05) is 0 Å². The minimum absolute atomic E-state index is 0.0214. The highest BCUT2D eigenvalue weighted by molar-refractivity contribution is 8.17. The topological polar surface area (TPSA) is 142 Å². The zero-order valence-corrected chi connectivity index (χ0v) is 24.6. The van der Waals surface area contributed by atoms with Gasteiger partial charge in [0.2, 0.25) is 12.5 Å². The number of carbonyl (C=O) groups excluding carboxylic acids is 2. The van der Waals surface area contributed by atoms with Crippen molar-refractivity contribution in [2.45, 2.75) is 67.8 Å². The van der Waals surface area contributed by atoms with Gasteiger partial charge in [-0.2, -0.15) is 0 Å². The zero-order chi connectivity index (χ0) is 28.0. The lowest BCUT2D eigenvalue weighted by atomic mass is 9.98. The maximum Gasteiger partial charge on any atom is 0.325 e. The molecule has 0 aromatic heterocycles. The van der Waals surface area contributed by atoms with E-state index in [1.165, 1.54) is 52.7 Å². The van der Waals surface area contributed by atoms with Crippen LogP contribution < -0.4 is 0 Å². The summed E-state index contributed by atoms with van der Waals surface area (Å²) in [6.45, 7) is 10.5. The quantitative estimate of drug-likeness (QED) is 0.0788. The fourth-order valence-corrected chi connectivity index (χ4v) is 6.78. The Balaban J connectivity index is 2.03. The Morgan fingerprint density at radius 1 is 1.19 bits per heavy atom. The second kappa shape index (κ2) is 13.1. The van der Waals surface area contributed by atoms with Gasteiger partial charge in [0, 0.05) is 23.7 Å². The van der Waals surface area contributed by atoms with E-state index >= 15 is 0 Å². The summed E-state index contributed by atoms with van der Waals surface area (Å²) in [5, 5.41) is 21.3. The number of nitrogens with zero attached hydrogens (tertiary/aromatic N) is 3. The number of β-lactam (4-membered cyclic amide) rings is 1. The molecule has 1 aromatic rings. The Kier molecular flexibility index (Phi) is 11.0. The fourth-order valence-electron chi connectivity index (χ4n) is 3.40. The van der Waals surface area contributed by atoms with Crippen molar-refractivity contribution in [1.82, 2.24) is 4.90 Å². The summed E-state index contributed by atoms with van der Waals surface area (Å²) in [5.74, 6) is -0.853. The molecule has 3 atom stereocenters. The van der Waals surface area contributed by atoms with Crippen molar-refractivity contribution in [1.29, 1.82) is 0 Å². The Bertz CT molecular complexity index is 987. The summed E-state index contributed by atoms with van der Waals surface area (Å²) in [6.07, 6.45) is 2.28. The predicted octanol–water partition coefficient (Wildman–Crippen LogP) is 4.33. The van der Waals surface area contributed by atoms with Crippen LogP contribution in [0.5, 0.6) is 0 Å². The Labute approximate surface area is 226 Å². The number of hydrogen-bond acceptors (Lipinski definition) is 10. The molecule has 0 radical (unpaired) electrons. The molecule has 0 N–H and O–H groups in total. The zero-order valence-electron chi connectivity index (χ0n) is 22.0. The maximum absolute atomic E-state index is 13.0. The average Bonchev–Trinajstić information content (AvgIpc) is 2.81. The van der Waals surface area contributed by atoms with Gasteiger partial charge in [0.1, 0.15) is 23.0 Å². The monoisotopic (exact) mass is 573 g/mol. The van der Waals surface area contributed by atoms with Gasteiger partial charge < -0.3 is 14.1 Å². The lowest BCUT2D eigenvalue weighted by molar-refractivity contribution is -0.476. The summed E-state index contributed by atoms with van der Waals surface area (Å²) in [4.78, 5) is 47.9. The van der Waals surface area contributed by atoms with Crippen molar-refractivity contribution in [3.05, 3.63) is 50.1 Å². The third kappa shape index (κ3) is 8.69. The Hall–Kier alpha value is -2.16. The number of amides is 1. The molecule has 1 fully saturated rings. The number of benzene rings is 1. The molecule has 1 aliphatic rings. The van der Waals surface area contributed by atoms with Crippen molar-refractivity contribution in [2.24, 2.45) is 0 Å². The van der Waals surface area contributed by atoms with Gasteiger partial charge >= 0.3 is 5.97 Å². The van der Waals surface area contributed by atoms with E-state index in [-0.39, 0.29) is 51.9 Å². The number of thioether (sulfide) groups is 2. The van der Waals surface area contributed by atoms with E-state index in [4.69, 9.17) is 9.16 Å². The van der Waals surface area contributed by atoms with E-state index in [9.17, 15) is 29.8 Å². The van der Waals surface area contributed by atoms with Crippen LogP contribution in [0.4, 0.5) is 5.69 Å². The maximum atomic E-state index is 13.0. The molecule has 0 aliphatic carbocycles. The third-order valence-electron chi connectivity index (χ3n) is 6.66. The number of hydrogen-bond donors (Lipinski definition) is 0. The summed E-state index contributed by atoms with van der Waals surface area (Å²) >= 11 is 2.59. The number of likely N-dealkylation sites (tertiary alicyclic amines) is 1. The lowest BCUT2D eigenvalue weighted by Crippen LogP contribution is -2.65. The van der Waals surface area contributed by atoms with E-state index in [0.29, 0.717) is 18.6 Å². The first kappa shape index (κ1) is 31.1. The van der Waals surface area contributed by atoms with Gasteiger partial charge in [-0.25, -0.2) is 0 Å². The van der Waals surface area contributed by atoms with Crippen LogP contribution in [0.1, 0.15) is 32.8 Å². The van der Waals surface area contributed by atoms with E-state index in [0.717, 1.165) is 0 Å². The smallest absolute Gasteiger partial charge is 0.325 e. The van der Waals surface area contributed by atoms with Crippen LogP contribution in [0.25, 0.3) is 0 Å². The van der Waals surface area contributed by atoms with Crippen molar-refractivity contribution in [3.8, 4) is 0 Å². The van der Waals surface area contributed by atoms with Crippen LogP contribution in [-0.4, -0.2) is 76.8 Å². The Morgan fingerprint density at radius 3 is 2.32 bits per heavy atom. The number of non-ortho nitro benzene ring substituents is 1. The van der Waals surface area contributed by atoms with E-state index in [1.54, 1.807) is 6.26 Å². The summed E-state index contributed by atoms with van der Waals surface area (Å²) in [6, 6.07) is 5.36. The third-order valence-corrected chi connectivity index (χ3v) is 14.1. The molecule has 11 nitrogen and oxygen atoms in total. The molecule has 1 aromatic carbocycles. The minimum atomic E-state index is -2.01. The molecule has 0 bridgehead atoms. The van der Waals surface area contributed by atoms with Gasteiger partial charge in [-0.1, -0.05) is 20.8 Å². The molecule has 1 aliphatic heterocycles. The second-order valence-corrected chi connectivity index (χ2v) is 17.7. The molecule has 37 heavy (non-hydrogen) atoms. The molecule has 1 heterocycles. The molecule has 0 spiro atoms. The minimum Gasteiger partial charge on any atom is -0.459 e. The van der Waals surface area contributed by atoms with E-state index < -0.39 is 24.5 Å². The standard InChI is InChI=1S/C23H35N3O8S2Si/c1-23(2,3)37(5,6)34-12-11-18-21(36-20(35-4)14-25(29)30)22(28)24(18)13-19(27)33-15-16-7-9-17(10-8-16)26(31)32/h7-10,18,20-21H,11-15H2,1-6H3/t18-,20?,21+/m1/s1. The second-order valence-electron chi connectivity index (χ2n) is 10.3. The van der Waals surface area contributed by atoms with Crippen molar-refractivity contribution in [2.75, 3.05) is 26.0 Å². The first-order valence-corrected chi connectivity index (χ1v) is 16.9. The number of carbonyl (C=O) groups is 2. The van der Waals surface area contributed by atoms with Crippen molar-refractivity contribution >= 4 is 49.4 Å². The molecule has 0 saturated carbocycles. The van der Waals surface area contributed by atoms with Crippen LogP contribution in [0.15, 0.2) is 24.3 Å². The lowest BCUT2D eigenvalue weighted by Gasteiger charge is -2.47. The van der Waals surface area contributed by atoms with Gasteiger partial charge in [-0.15, -0.1) is 23.5 Å². The van der Waals surface area contributed by atoms with Gasteiger partial charge in [0.25, 0.3) is 5.69 Å². The Morgan fingerprint density at radius 2 is 1.81 bits per heavy atom. The highest BCUT2D eigenvalue weighted by atomic mass is 32.2. The van der Waals surface area contributed by atoms with Crippen LogP contribution in [0.2, 0.25) is 18.1 Å². The van der Waals surface area contributed by atoms with Gasteiger partial charge in [-0.05, 0) is 48.5 Å². The molecule has 14 heteroatoms. The van der Waals surface area contributed by atoms with E-state index in [2.05, 4.69) is 33.9 Å². The van der Waals surface area contributed by atoms with Gasteiger partial charge in [-0.3, -0.25) is 29.8 Å². The molecule has 1 amide bonds. The number of ether oxygens (including phenoxy) is 1. The number of esters is 1. The first-order chi connectivity index (χ1) is 17.2. The van der Waals surface area contributed by atoms with Crippen molar-refractivity contribution < 1.29 is 28.6 Å². The van der Waals surface area contributed by atoms with Crippen LogP contribution in [-0.2, 0) is 25.4 Å². The number of nitro groups is 2. The summed E-state index contributed by atoms with van der Waals surface area (Å²) in [7, 11) is -2.01. The highest BCUT2D eigenvalue weighted by Crippen LogP contribution is 2.40. The molecule has 206 valence electrons. The molecule has 1 unspecified atom stereocenters. The van der Waals surface area contributed by atoms with Gasteiger partial charge in [0.15, 0.2) is 8.32 Å². The average molecular weight is 574 g/mol. The largest absolute Gasteiger partial charge is 0.459 e. The van der Waals surface area contributed by atoms with Crippen LogP contribution in [0.3, 0.4) is 0 Å². The van der Waals surface area contributed by atoms with Crippen molar-refractivity contribution in [3.63, 3.8) is 0 Å². The van der Waals surface area contributed by atoms with Crippen LogP contribution in [0, 0.1) is 20.2 Å². The predicted molar refractivity (Wildman–Crippen MR) is 147 cm³/mol. The number of rotatable bonds is 14. The SMILES string of the molecule is CSC(C[N+](=O)[O-])S[C@@H]1C(=O)N(CC(=O)OCc2ccc([N+](=O)[O-])cc2)[C@@H]1CCO[Si](C)(C)C(C)(C)C. The molecule has 2 rings (SSSR count). The molecule has 1 saturated heterocycles. The normalized spacial score (nSPS) is 18.8. The fraction of sp³-hybridized carbons (Fsp3) is 0.652. The summed E-state index contributed by atoms with van der Waals surface area (Å²) in [5.41, 5.74) is 0.525. The molecular formula is C23H35N3O8S2Si. The first-order valence-electron chi connectivity index (χ1n) is 11.8. The highest BCUT2D eigenvalue weighted by Gasteiger charge is 2.49. The number of nitro benzene ring substituents is 1. The summed E-state index contributed by atoms with van der Waals surface area (Å²) < 4.78 is 11.2.